The van der Waals surface area contributed by atoms with Gasteiger partial charge in [0.2, 0.25) is 11.8 Å². The third-order valence-electron chi connectivity index (χ3n) is 4.92. The summed E-state index contributed by atoms with van der Waals surface area (Å²) in [5.41, 5.74) is 3.98. The van der Waals surface area contributed by atoms with Crippen LogP contribution in [-0.2, 0) is 16.0 Å². The fourth-order valence-electron chi connectivity index (χ4n) is 3.21. The van der Waals surface area contributed by atoms with Crippen molar-refractivity contribution in [3.8, 4) is 5.75 Å². The Morgan fingerprint density at radius 2 is 2.00 bits per heavy atom. The van der Waals surface area contributed by atoms with Gasteiger partial charge in [0.15, 0.2) is 0 Å². The Balaban J connectivity index is 1.62. The lowest BCUT2D eigenvalue weighted by Crippen LogP contribution is -2.42. The summed E-state index contributed by atoms with van der Waals surface area (Å²) in [6.07, 6.45) is 0.762. The molecule has 5 nitrogen and oxygen atoms in total. The van der Waals surface area contributed by atoms with Gasteiger partial charge in [-0.3, -0.25) is 9.59 Å². The minimum Gasteiger partial charge on any atom is -0.495 e. The predicted octanol–water partition coefficient (Wildman–Crippen LogP) is 3.43. The van der Waals surface area contributed by atoms with Crippen molar-refractivity contribution in [1.29, 1.82) is 0 Å². The van der Waals surface area contributed by atoms with E-state index in [2.05, 4.69) is 5.32 Å². The standard InChI is InChI=1S/C21H23ClN2O3/c1-13-4-6-16(10-14(13)2)24-9-8-18(21(24)26)23-20(25)12-15-5-7-19(27-3)17(22)11-15/h4-7,10-11,18H,8-9,12H2,1-3H3,(H,23,25)/t18-/m1/s1. The molecule has 27 heavy (non-hydrogen) atoms. The fourth-order valence-corrected chi connectivity index (χ4v) is 3.49. The van der Waals surface area contributed by atoms with Crippen LogP contribution < -0.4 is 15.0 Å². The molecular weight excluding hydrogens is 364 g/mol. The molecule has 1 atom stereocenters. The maximum atomic E-state index is 12.7. The molecule has 0 aliphatic carbocycles. The smallest absolute Gasteiger partial charge is 0.249 e. The van der Waals surface area contributed by atoms with Gasteiger partial charge in [0, 0.05) is 12.2 Å². The molecule has 0 spiro atoms. The number of ether oxygens (including phenoxy) is 1. The Hall–Kier alpha value is -2.53. The lowest BCUT2D eigenvalue weighted by atomic mass is 10.1. The minimum atomic E-state index is -0.493. The molecule has 3 rings (SSSR count). The topological polar surface area (TPSA) is 58.6 Å². The van der Waals surface area contributed by atoms with E-state index in [1.807, 2.05) is 32.0 Å². The Kier molecular flexibility index (Phi) is 5.71. The molecule has 1 N–H and O–H groups in total. The number of anilines is 1. The zero-order chi connectivity index (χ0) is 19.6. The third kappa shape index (κ3) is 4.25. The molecule has 1 aliphatic rings. The van der Waals surface area contributed by atoms with Gasteiger partial charge in [-0.25, -0.2) is 0 Å². The molecule has 1 heterocycles. The van der Waals surface area contributed by atoms with Crippen molar-refractivity contribution in [1.82, 2.24) is 5.32 Å². The molecule has 0 bridgehead atoms. The number of carbonyl (C=O) groups is 2. The number of aryl methyl sites for hydroxylation is 2. The van der Waals surface area contributed by atoms with E-state index in [1.165, 1.54) is 5.56 Å². The number of hydrogen-bond donors (Lipinski definition) is 1. The zero-order valence-corrected chi connectivity index (χ0v) is 16.5. The Morgan fingerprint density at radius 1 is 1.22 bits per heavy atom. The van der Waals surface area contributed by atoms with Crippen LogP contribution >= 0.6 is 11.6 Å². The van der Waals surface area contributed by atoms with Crippen molar-refractivity contribution >= 4 is 29.1 Å². The number of amides is 2. The number of hydrogen-bond acceptors (Lipinski definition) is 3. The summed E-state index contributed by atoms with van der Waals surface area (Å²) in [4.78, 5) is 26.8. The molecule has 142 valence electrons. The van der Waals surface area contributed by atoms with Gasteiger partial charge in [-0.2, -0.15) is 0 Å². The first-order chi connectivity index (χ1) is 12.9. The molecule has 1 aliphatic heterocycles. The Bertz CT molecular complexity index is 882. The number of nitrogens with one attached hydrogen (secondary N) is 1. The van der Waals surface area contributed by atoms with Crippen LogP contribution in [0.1, 0.15) is 23.1 Å². The summed E-state index contributed by atoms with van der Waals surface area (Å²) < 4.78 is 5.11. The van der Waals surface area contributed by atoms with E-state index in [9.17, 15) is 9.59 Å². The highest BCUT2D eigenvalue weighted by Gasteiger charge is 2.33. The second kappa shape index (κ2) is 8.01. The number of benzene rings is 2. The molecule has 2 aromatic carbocycles. The van der Waals surface area contributed by atoms with E-state index < -0.39 is 6.04 Å². The van der Waals surface area contributed by atoms with Gasteiger partial charge in [0.05, 0.1) is 18.6 Å². The molecular formula is C21H23ClN2O3. The summed E-state index contributed by atoms with van der Waals surface area (Å²) in [5.74, 6) is 0.298. The van der Waals surface area contributed by atoms with Crippen molar-refractivity contribution in [2.75, 3.05) is 18.6 Å². The van der Waals surface area contributed by atoms with Crippen molar-refractivity contribution < 1.29 is 14.3 Å². The summed E-state index contributed by atoms with van der Waals surface area (Å²) in [6, 6.07) is 10.7. The van der Waals surface area contributed by atoms with E-state index in [0.717, 1.165) is 16.8 Å². The van der Waals surface area contributed by atoms with E-state index in [-0.39, 0.29) is 18.2 Å². The van der Waals surface area contributed by atoms with Gasteiger partial charge < -0.3 is 15.0 Å². The van der Waals surface area contributed by atoms with Crippen molar-refractivity contribution in [3.63, 3.8) is 0 Å². The van der Waals surface area contributed by atoms with E-state index in [4.69, 9.17) is 16.3 Å². The van der Waals surface area contributed by atoms with E-state index in [0.29, 0.717) is 23.7 Å². The largest absolute Gasteiger partial charge is 0.495 e. The summed E-state index contributed by atoms with van der Waals surface area (Å²) in [7, 11) is 1.54. The minimum absolute atomic E-state index is 0.0700. The quantitative estimate of drug-likeness (QED) is 0.856. The van der Waals surface area contributed by atoms with E-state index >= 15 is 0 Å². The number of carbonyl (C=O) groups excluding carboxylic acids is 2. The van der Waals surface area contributed by atoms with Crippen LogP contribution in [0.5, 0.6) is 5.75 Å². The van der Waals surface area contributed by atoms with Crippen LogP contribution in [0.15, 0.2) is 36.4 Å². The fraction of sp³-hybridized carbons (Fsp3) is 0.333. The second-order valence-electron chi connectivity index (χ2n) is 6.81. The summed E-state index contributed by atoms with van der Waals surface area (Å²) in [5, 5.41) is 3.31. The average molecular weight is 387 g/mol. The zero-order valence-electron chi connectivity index (χ0n) is 15.7. The maximum Gasteiger partial charge on any atom is 0.249 e. The highest BCUT2D eigenvalue weighted by Crippen LogP contribution is 2.26. The maximum absolute atomic E-state index is 12.7. The van der Waals surface area contributed by atoms with Crippen LogP contribution in [0.2, 0.25) is 5.02 Å². The number of rotatable bonds is 5. The highest BCUT2D eigenvalue weighted by atomic mass is 35.5. The van der Waals surface area contributed by atoms with Crippen LogP contribution in [-0.4, -0.2) is 31.5 Å². The molecule has 0 saturated carbocycles. The van der Waals surface area contributed by atoms with Gasteiger partial charge in [-0.1, -0.05) is 23.7 Å². The molecule has 2 amide bonds. The van der Waals surface area contributed by atoms with Crippen LogP contribution in [0.3, 0.4) is 0 Å². The molecule has 0 aromatic heterocycles. The molecule has 1 fully saturated rings. The van der Waals surface area contributed by atoms with E-state index in [1.54, 1.807) is 30.2 Å². The molecule has 0 unspecified atom stereocenters. The number of methoxy groups -OCH3 is 1. The van der Waals surface area contributed by atoms with Crippen molar-refractivity contribution in [2.24, 2.45) is 0 Å². The lowest BCUT2D eigenvalue weighted by molar-refractivity contribution is -0.126. The normalized spacial score (nSPS) is 16.5. The highest BCUT2D eigenvalue weighted by molar-refractivity contribution is 6.32. The lowest BCUT2D eigenvalue weighted by Gasteiger charge is -2.18. The first kappa shape index (κ1) is 19.2. The first-order valence-electron chi connectivity index (χ1n) is 8.89. The first-order valence-corrected chi connectivity index (χ1v) is 9.27. The molecule has 1 saturated heterocycles. The van der Waals surface area contributed by atoms with Gasteiger partial charge >= 0.3 is 0 Å². The summed E-state index contributed by atoms with van der Waals surface area (Å²) >= 11 is 6.10. The van der Waals surface area contributed by atoms with Gasteiger partial charge in [0.1, 0.15) is 11.8 Å². The Morgan fingerprint density at radius 3 is 2.67 bits per heavy atom. The van der Waals surface area contributed by atoms with Crippen LogP contribution in [0.25, 0.3) is 0 Å². The van der Waals surface area contributed by atoms with Crippen molar-refractivity contribution in [2.45, 2.75) is 32.7 Å². The van der Waals surface area contributed by atoms with Gasteiger partial charge in [-0.05, 0) is 61.2 Å². The second-order valence-corrected chi connectivity index (χ2v) is 7.22. The molecule has 0 radical (unpaired) electrons. The number of nitrogens with zero attached hydrogens (tertiary/aromatic N) is 1. The van der Waals surface area contributed by atoms with Crippen LogP contribution in [0.4, 0.5) is 5.69 Å². The van der Waals surface area contributed by atoms with Gasteiger partial charge in [0.25, 0.3) is 0 Å². The van der Waals surface area contributed by atoms with Gasteiger partial charge in [-0.15, -0.1) is 0 Å². The number of halogens is 1. The Labute approximate surface area is 164 Å². The average Bonchev–Trinajstić information content (AvgIpc) is 2.98. The predicted molar refractivity (Wildman–Crippen MR) is 107 cm³/mol. The molecule has 2 aromatic rings. The SMILES string of the molecule is COc1ccc(CC(=O)N[C@@H]2CCN(c3ccc(C)c(C)c3)C2=O)cc1Cl. The molecule has 6 heteroatoms. The summed E-state index contributed by atoms with van der Waals surface area (Å²) in [6.45, 7) is 4.67. The van der Waals surface area contributed by atoms with Crippen molar-refractivity contribution in [3.05, 3.63) is 58.1 Å². The van der Waals surface area contributed by atoms with Crippen LogP contribution in [0, 0.1) is 13.8 Å². The third-order valence-corrected chi connectivity index (χ3v) is 5.22. The monoisotopic (exact) mass is 386 g/mol.